The van der Waals surface area contributed by atoms with Crippen LogP contribution in [0.15, 0.2) is 0 Å². The molecule has 0 unspecified atom stereocenters. The predicted molar refractivity (Wildman–Crippen MR) is 32.7 cm³/mol. The molecule has 0 rings (SSSR count). The van der Waals surface area contributed by atoms with Crippen molar-refractivity contribution in [3.05, 3.63) is 20.2 Å². The van der Waals surface area contributed by atoms with Crippen molar-refractivity contribution in [2.75, 3.05) is 7.05 Å². The number of hydrogen-bond acceptors (Lipinski definition) is 6. The molecule has 0 fully saturated rings. The smallest absolute Gasteiger partial charge is 0.291 e. The second-order valence-corrected chi connectivity index (χ2v) is 0.476. The summed E-state index contributed by atoms with van der Waals surface area (Å²) in [5, 5.41) is 27.3. The van der Waals surface area contributed by atoms with Crippen LogP contribution in [0.2, 0.25) is 0 Å². The Bertz CT molecular complexity index is 72.6. The summed E-state index contributed by atoms with van der Waals surface area (Å²) < 4.78 is 0. The van der Waals surface area contributed by atoms with Crippen molar-refractivity contribution in [2.45, 2.75) is 0 Å². The highest BCUT2D eigenvalue weighted by atomic mass is 16.9. The summed E-state index contributed by atoms with van der Waals surface area (Å²) >= 11 is 0. The molecule has 0 aromatic rings. The van der Waals surface area contributed by atoms with Gasteiger partial charge in [0.1, 0.15) is 0 Å². The van der Waals surface area contributed by atoms with Crippen LogP contribution < -0.4 is 11.9 Å². The quantitative estimate of drug-likeness (QED) is 0.266. The zero-order chi connectivity index (χ0) is 9.15. The van der Waals surface area contributed by atoms with E-state index in [1.807, 2.05) is 0 Å². The van der Waals surface area contributed by atoms with Gasteiger partial charge in [0.15, 0.2) is 0 Å². The van der Waals surface area contributed by atoms with Crippen LogP contribution in [0.3, 0.4) is 0 Å². The van der Waals surface area contributed by atoms with Crippen LogP contribution in [-0.2, 0) is 0 Å². The minimum Gasteiger partial charge on any atom is -0.344 e. The van der Waals surface area contributed by atoms with Gasteiger partial charge in [0.05, 0.1) is 0 Å². The van der Waals surface area contributed by atoms with Gasteiger partial charge in [-0.2, -0.15) is 0 Å². The van der Waals surface area contributed by atoms with Gasteiger partial charge in [-0.1, -0.05) is 0 Å². The normalized spacial score (nSPS) is 4.91. The summed E-state index contributed by atoms with van der Waals surface area (Å²) in [5.74, 6) is 0. The second kappa shape index (κ2) is 23.9. The zero-order valence-corrected chi connectivity index (χ0v) is 5.71. The zero-order valence-electron chi connectivity index (χ0n) is 5.71. The highest BCUT2D eigenvalue weighted by Crippen LogP contribution is 1.38. The molecule has 11 heavy (non-hydrogen) atoms. The van der Waals surface area contributed by atoms with E-state index in [9.17, 15) is 0 Å². The average Bonchev–Trinajstić information content (AvgIpc) is 1.66. The van der Waals surface area contributed by atoms with Crippen molar-refractivity contribution < 1.29 is 20.6 Å². The molecule has 0 heterocycles. The molecule has 0 spiro atoms. The van der Waals surface area contributed by atoms with Crippen molar-refractivity contribution in [3.63, 3.8) is 0 Å². The van der Waals surface area contributed by atoms with Gasteiger partial charge in [0.25, 0.3) is 10.2 Å². The van der Waals surface area contributed by atoms with Crippen LogP contribution in [0.4, 0.5) is 0 Å². The fraction of sp³-hybridized carbons (Fsp3) is 1.00. The Balaban J connectivity index is -0.0000000339. The maximum Gasteiger partial charge on any atom is 0.291 e. The van der Waals surface area contributed by atoms with Gasteiger partial charge in [-0.25, -0.2) is 0 Å². The Labute approximate surface area is 61.0 Å². The SMILES string of the molecule is CN.N.O=[N+]([O-])O.O=[N+]([O-])O. The summed E-state index contributed by atoms with van der Waals surface area (Å²) in [5.41, 5.74) is 4.50. The molecule has 0 saturated carbocycles. The molecule has 0 aliphatic heterocycles. The fourth-order valence-electron chi connectivity index (χ4n) is 0. The third kappa shape index (κ3) is 118. The molecule has 0 saturated heterocycles. The largest absolute Gasteiger partial charge is 0.344 e. The van der Waals surface area contributed by atoms with Crippen molar-refractivity contribution in [3.8, 4) is 0 Å². The Morgan fingerprint density at radius 2 is 1.09 bits per heavy atom. The number of nitrogens with two attached hydrogens (primary N) is 1. The molecular formula is CH10N4O6. The lowest BCUT2D eigenvalue weighted by atomic mass is 11.6. The van der Waals surface area contributed by atoms with E-state index in [1.54, 1.807) is 0 Å². The minimum atomic E-state index is -1.50. The van der Waals surface area contributed by atoms with Gasteiger partial charge < -0.3 is 22.3 Å². The van der Waals surface area contributed by atoms with Gasteiger partial charge in [0, 0.05) is 0 Å². The minimum absolute atomic E-state index is 0. The van der Waals surface area contributed by atoms with Crippen LogP contribution in [0.25, 0.3) is 0 Å². The highest BCUT2D eigenvalue weighted by Gasteiger charge is 1.65. The second-order valence-electron chi connectivity index (χ2n) is 0.476. The van der Waals surface area contributed by atoms with Crippen LogP contribution in [0, 0.1) is 20.2 Å². The molecule has 0 atom stereocenters. The van der Waals surface area contributed by atoms with Crippen LogP contribution in [0.5, 0.6) is 0 Å². The molecule has 0 bridgehead atoms. The maximum atomic E-state index is 8.36. The number of nitrogens with zero attached hydrogens (tertiary/aromatic N) is 2. The molecule has 0 aromatic heterocycles. The third-order valence-corrected chi connectivity index (χ3v) is 0. The van der Waals surface area contributed by atoms with Gasteiger partial charge in [-0.3, -0.25) is 0 Å². The van der Waals surface area contributed by atoms with E-state index in [0.29, 0.717) is 0 Å². The molecule has 0 amide bonds. The molecule has 10 heteroatoms. The first-order valence-corrected chi connectivity index (χ1v) is 1.71. The van der Waals surface area contributed by atoms with Crippen LogP contribution in [0.1, 0.15) is 0 Å². The Kier molecular flexibility index (Phi) is 49.5. The first-order chi connectivity index (χ1) is 4.46. The lowest BCUT2D eigenvalue weighted by molar-refractivity contribution is -0.742. The van der Waals surface area contributed by atoms with Crippen molar-refractivity contribution >= 4 is 0 Å². The molecule has 0 aromatic carbocycles. The molecule has 0 radical (unpaired) electrons. The molecule has 7 N–H and O–H groups in total. The fourth-order valence-corrected chi connectivity index (χ4v) is 0. The van der Waals surface area contributed by atoms with E-state index in [2.05, 4.69) is 5.73 Å². The van der Waals surface area contributed by atoms with Gasteiger partial charge in [0.2, 0.25) is 0 Å². The summed E-state index contributed by atoms with van der Waals surface area (Å²) in [7, 11) is 1.50. The monoisotopic (exact) mass is 174 g/mol. The van der Waals surface area contributed by atoms with Crippen LogP contribution in [-0.4, -0.2) is 27.6 Å². The van der Waals surface area contributed by atoms with Gasteiger partial charge in [-0.05, 0) is 7.05 Å². The van der Waals surface area contributed by atoms with E-state index in [4.69, 9.17) is 30.6 Å². The van der Waals surface area contributed by atoms with Crippen LogP contribution >= 0.6 is 0 Å². The first-order valence-electron chi connectivity index (χ1n) is 1.71. The first kappa shape index (κ1) is 22.8. The molecule has 70 valence electrons. The van der Waals surface area contributed by atoms with E-state index in [-0.39, 0.29) is 6.15 Å². The summed E-state index contributed by atoms with van der Waals surface area (Å²) in [4.78, 5) is 16.7. The van der Waals surface area contributed by atoms with Gasteiger partial charge >= 0.3 is 0 Å². The van der Waals surface area contributed by atoms with E-state index in [1.165, 1.54) is 7.05 Å². The Morgan fingerprint density at radius 3 is 1.09 bits per heavy atom. The summed E-state index contributed by atoms with van der Waals surface area (Å²) in [6.45, 7) is 0. The van der Waals surface area contributed by atoms with E-state index >= 15 is 0 Å². The number of hydrogen-bond donors (Lipinski definition) is 4. The molecular weight excluding hydrogens is 164 g/mol. The molecule has 10 nitrogen and oxygen atoms in total. The van der Waals surface area contributed by atoms with Crippen molar-refractivity contribution in [1.82, 2.24) is 6.15 Å². The van der Waals surface area contributed by atoms with E-state index < -0.39 is 10.2 Å². The maximum absolute atomic E-state index is 8.36. The number of rotatable bonds is 0. The summed E-state index contributed by atoms with van der Waals surface area (Å²) in [6, 6.07) is 0. The lowest BCUT2D eigenvalue weighted by Crippen LogP contribution is -1.81. The molecule has 0 aliphatic rings. The Morgan fingerprint density at radius 1 is 1.09 bits per heavy atom. The third-order valence-electron chi connectivity index (χ3n) is 0. The van der Waals surface area contributed by atoms with E-state index in [0.717, 1.165) is 0 Å². The standard InChI is InChI=1S/CH5N.2HNO3.H3N/c1-2;2*2-1(3)4;/h2H2,1H3;2*(H,2,3,4);1H3. The average molecular weight is 174 g/mol. The summed E-state index contributed by atoms with van der Waals surface area (Å²) in [6.07, 6.45) is 0. The van der Waals surface area contributed by atoms with Gasteiger partial charge in [-0.15, -0.1) is 20.2 Å². The Hall–Kier alpha value is -1.68. The topological polar surface area (TPSA) is 188 Å². The predicted octanol–water partition coefficient (Wildman–Crippen LogP) is -0.958. The molecule has 0 aliphatic carbocycles. The lowest BCUT2D eigenvalue weighted by Gasteiger charge is -1.56. The van der Waals surface area contributed by atoms with Crippen molar-refractivity contribution in [2.24, 2.45) is 5.73 Å². The van der Waals surface area contributed by atoms with Crippen molar-refractivity contribution in [1.29, 1.82) is 0 Å². The highest BCUT2D eigenvalue weighted by molar-refractivity contribution is 3.83.